The molecule has 1 aliphatic rings. The van der Waals surface area contributed by atoms with E-state index >= 15 is 0 Å². The Kier molecular flexibility index (Phi) is 6.72. The summed E-state index contributed by atoms with van der Waals surface area (Å²) in [5.74, 6) is -1.62. The van der Waals surface area contributed by atoms with Gasteiger partial charge in [-0.3, -0.25) is 9.59 Å². The molecule has 1 saturated carbocycles. The fraction of sp³-hybridized carbons (Fsp3) is 0.259. The van der Waals surface area contributed by atoms with Crippen LogP contribution in [-0.2, 0) is 14.8 Å². The number of rotatable bonds is 7. The largest absolute Gasteiger partial charge is 0.337 e. The lowest BCUT2D eigenvalue weighted by Gasteiger charge is -2.21. The van der Waals surface area contributed by atoms with Crippen molar-refractivity contribution >= 4 is 27.5 Å². The Morgan fingerprint density at radius 2 is 1.53 bits per heavy atom. The number of amides is 2. The van der Waals surface area contributed by atoms with E-state index < -0.39 is 38.7 Å². The van der Waals surface area contributed by atoms with Crippen LogP contribution in [-0.4, -0.2) is 31.3 Å². The lowest BCUT2D eigenvalue weighted by Crippen LogP contribution is -2.47. The van der Waals surface area contributed by atoms with E-state index in [1.807, 2.05) is 30.3 Å². The molecule has 2 amide bonds. The molecule has 3 N–H and O–H groups in total. The topological polar surface area (TPSA) is 104 Å². The first-order valence-corrected chi connectivity index (χ1v) is 13.0. The molecule has 188 valence electrons. The summed E-state index contributed by atoms with van der Waals surface area (Å²) in [6, 6.07) is 20.3. The van der Waals surface area contributed by atoms with Crippen LogP contribution in [0.3, 0.4) is 0 Å². The van der Waals surface area contributed by atoms with Crippen LogP contribution in [0.5, 0.6) is 0 Å². The summed E-state index contributed by atoms with van der Waals surface area (Å²) in [5.41, 5.74) is -0.307. The van der Waals surface area contributed by atoms with E-state index in [0.29, 0.717) is 12.1 Å². The SMILES string of the molecule is CC(C)(C)NS(=O)(=O)c1ccc(NC(=O)[C@@]2(NC(=O)c3ccc(F)cc3)C[C@@H]2c2ccccc2)cc1. The van der Waals surface area contributed by atoms with E-state index in [2.05, 4.69) is 15.4 Å². The normalized spacial score (nSPS) is 19.4. The predicted octanol–water partition coefficient (Wildman–Crippen LogP) is 4.20. The number of carbonyl (C=O) groups is 2. The Bertz CT molecular complexity index is 1370. The average Bonchev–Trinajstić information content (AvgIpc) is 3.54. The highest BCUT2D eigenvalue weighted by Crippen LogP contribution is 2.52. The molecular weight excluding hydrogens is 481 g/mol. The number of halogens is 1. The Balaban J connectivity index is 1.55. The molecule has 0 heterocycles. The maximum absolute atomic E-state index is 13.5. The molecule has 0 bridgehead atoms. The van der Waals surface area contributed by atoms with Gasteiger partial charge in [-0.1, -0.05) is 30.3 Å². The molecule has 1 aliphatic carbocycles. The van der Waals surface area contributed by atoms with Crippen LogP contribution in [0, 0.1) is 5.82 Å². The number of hydrogen-bond donors (Lipinski definition) is 3. The molecular formula is C27H28FN3O4S. The molecule has 0 unspecified atom stereocenters. The van der Waals surface area contributed by atoms with E-state index in [1.54, 1.807) is 20.8 Å². The number of anilines is 1. The van der Waals surface area contributed by atoms with Gasteiger partial charge in [0.2, 0.25) is 10.0 Å². The summed E-state index contributed by atoms with van der Waals surface area (Å²) in [6.45, 7) is 5.24. The zero-order chi connectivity index (χ0) is 26.1. The van der Waals surface area contributed by atoms with Crippen molar-refractivity contribution in [2.45, 2.75) is 49.1 Å². The maximum atomic E-state index is 13.5. The number of carbonyl (C=O) groups excluding carboxylic acids is 2. The third-order valence-electron chi connectivity index (χ3n) is 5.87. The lowest BCUT2D eigenvalue weighted by atomic mass is 10.0. The van der Waals surface area contributed by atoms with Gasteiger partial charge in [0.1, 0.15) is 11.4 Å². The minimum absolute atomic E-state index is 0.0725. The summed E-state index contributed by atoms with van der Waals surface area (Å²) in [7, 11) is -3.72. The summed E-state index contributed by atoms with van der Waals surface area (Å²) in [6.07, 6.45) is 0.387. The zero-order valence-electron chi connectivity index (χ0n) is 20.2. The second kappa shape index (κ2) is 9.48. The second-order valence-electron chi connectivity index (χ2n) is 9.93. The van der Waals surface area contributed by atoms with Gasteiger partial charge in [-0.25, -0.2) is 17.5 Å². The van der Waals surface area contributed by atoms with Gasteiger partial charge in [0.15, 0.2) is 0 Å². The minimum atomic E-state index is -3.72. The van der Waals surface area contributed by atoms with Crippen LogP contribution in [0.4, 0.5) is 10.1 Å². The quantitative estimate of drug-likeness (QED) is 0.444. The number of benzene rings is 3. The summed E-state index contributed by atoms with van der Waals surface area (Å²) >= 11 is 0. The van der Waals surface area contributed by atoms with Crippen molar-refractivity contribution in [2.75, 3.05) is 5.32 Å². The Labute approximate surface area is 210 Å². The van der Waals surface area contributed by atoms with E-state index in [9.17, 15) is 22.4 Å². The van der Waals surface area contributed by atoms with Crippen molar-refractivity contribution in [3.05, 3.63) is 95.8 Å². The molecule has 36 heavy (non-hydrogen) atoms. The molecule has 4 rings (SSSR count). The molecule has 0 aromatic heterocycles. The van der Waals surface area contributed by atoms with Crippen molar-refractivity contribution in [3.8, 4) is 0 Å². The van der Waals surface area contributed by atoms with Gasteiger partial charge in [-0.05, 0) is 81.3 Å². The monoisotopic (exact) mass is 509 g/mol. The van der Waals surface area contributed by atoms with Gasteiger partial charge in [-0.15, -0.1) is 0 Å². The van der Waals surface area contributed by atoms with E-state index in [1.165, 1.54) is 48.5 Å². The third kappa shape index (κ3) is 5.63. The first kappa shape index (κ1) is 25.5. The van der Waals surface area contributed by atoms with Crippen molar-refractivity contribution in [3.63, 3.8) is 0 Å². The third-order valence-corrected chi connectivity index (χ3v) is 7.65. The van der Waals surface area contributed by atoms with E-state index in [4.69, 9.17) is 0 Å². The van der Waals surface area contributed by atoms with Crippen molar-refractivity contribution in [2.24, 2.45) is 0 Å². The second-order valence-corrected chi connectivity index (χ2v) is 11.6. The van der Waals surface area contributed by atoms with Crippen LogP contribution in [0.1, 0.15) is 49.0 Å². The number of hydrogen-bond acceptors (Lipinski definition) is 4. The fourth-order valence-electron chi connectivity index (χ4n) is 4.09. The molecule has 1 fully saturated rings. The molecule has 3 aromatic carbocycles. The Hall–Kier alpha value is -3.56. The van der Waals surface area contributed by atoms with Gasteiger partial charge >= 0.3 is 0 Å². The highest BCUT2D eigenvalue weighted by atomic mass is 32.2. The smallest absolute Gasteiger partial charge is 0.252 e. The van der Waals surface area contributed by atoms with E-state index in [-0.39, 0.29) is 16.4 Å². The lowest BCUT2D eigenvalue weighted by molar-refractivity contribution is -0.119. The molecule has 9 heteroatoms. The Morgan fingerprint density at radius 1 is 0.917 bits per heavy atom. The first-order valence-electron chi connectivity index (χ1n) is 11.5. The molecule has 0 saturated heterocycles. The van der Waals surface area contributed by atoms with Crippen molar-refractivity contribution in [1.82, 2.24) is 10.0 Å². The van der Waals surface area contributed by atoms with Crippen molar-refractivity contribution in [1.29, 1.82) is 0 Å². The predicted molar refractivity (Wildman–Crippen MR) is 136 cm³/mol. The highest BCUT2D eigenvalue weighted by Gasteiger charge is 2.61. The van der Waals surface area contributed by atoms with Gasteiger partial charge in [0.05, 0.1) is 4.90 Å². The van der Waals surface area contributed by atoms with Gasteiger partial charge < -0.3 is 10.6 Å². The Morgan fingerprint density at radius 3 is 2.11 bits per heavy atom. The average molecular weight is 510 g/mol. The van der Waals surface area contributed by atoms with Crippen LogP contribution >= 0.6 is 0 Å². The molecule has 3 aromatic rings. The zero-order valence-corrected chi connectivity index (χ0v) is 21.0. The van der Waals surface area contributed by atoms with Crippen molar-refractivity contribution < 1.29 is 22.4 Å². The number of sulfonamides is 1. The highest BCUT2D eigenvalue weighted by molar-refractivity contribution is 7.89. The van der Waals surface area contributed by atoms with Crippen LogP contribution < -0.4 is 15.4 Å². The van der Waals surface area contributed by atoms with Gasteiger partial charge in [0.25, 0.3) is 11.8 Å². The summed E-state index contributed by atoms with van der Waals surface area (Å²) in [5, 5.41) is 5.66. The molecule has 0 radical (unpaired) electrons. The van der Waals surface area contributed by atoms with Crippen LogP contribution in [0.2, 0.25) is 0 Å². The van der Waals surface area contributed by atoms with Crippen LogP contribution in [0.25, 0.3) is 0 Å². The minimum Gasteiger partial charge on any atom is -0.337 e. The summed E-state index contributed by atoms with van der Waals surface area (Å²) < 4.78 is 41.0. The van der Waals surface area contributed by atoms with E-state index in [0.717, 1.165) is 5.56 Å². The van der Waals surface area contributed by atoms with Gasteiger partial charge in [0, 0.05) is 22.7 Å². The molecule has 0 spiro atoms. The summed E-state index contributed by atoms with van der Waals surface area (Å²) in [4.78, 5) is 26.5. The fourth-order valence-corrected chi connectivity index (χ4v) is 5.51. The maximum Gasteiger partial charge on any atom is 0.252 e. The molecule has 7 nitrogen and oxygen atoms in total. The number of nitrogens with one attached hydrogen (secondary N) is 3. The first-order chi connectivity index (χ1) is 16.9. The standard InChI is InChI=1S/C27H28FN3O4S/c1-26(2,3)31-36(34,35)22-15-13-21(14-16-22)29-25(33)27(17-23(27)18-7-5-4-6-8-18)30-24(32)19-9-11-20(28)12-10-19/h4-16,23,31H,17H2,1-3H3,(H,29,33)(H,30,32)/t23-,27-/m1/s1. The van der Waals surface area contributed by atoms with Gasteiger partial charge in [-0.2, -0.15) is 0 Å². The van der Waals surface area contributed by atoms with Crippen LogP contribution in [0.15, 0.2) is 83.8 Å². The molecule has 0 aliphatic heterocycles. The molecule has 2 atom stereocenters.